The minimum atomic E-state index is 0.0751. The van der Waals surface area contributed by atoms with E-state index in [2.05, 4.69) is 26.5 Å². The number of nitriles is 1. The van der Waals surface area contributed by atoms with Crippen LogP contribution in [0, 0.1) is 11.3 Å². The van der Waals surface area contributed by atoms with Crippen molar-refractivity contribution < 1.29 is 9.47 Å². The number of benzene rings is 2. The lowest BCUT2D eigenvalue weighted by molar-refractivity contribution is 0.0254. The fourth-order valence-electron chi connectivity index (χ4n) is 3.88. The maximum atomic E-state index is 9.67. The molecular formula is C26H24N6O2. The maximum Gasteiger partial charge on any atom is 0.227 e. The fraction of sp³-hybridized carbons (Fsp3) is 0.231. The summed E-state index contributed by atoms with van der Waals surface area (Å²) in [7, 11) is 1.90. The Hall–Kier alpha value is -4.22. The Morgan fingerprint density at radius 2 is 1.85 bits per heavy atom. The Bertz CT molecular complexity index is 1320. The fourth-order valence-corrected chi connectivity index (χ4v) is 3.88. The molecule has 0 amide bonds. The van der Waals surface area contributed by atoms with E-state index in [1.165, 1.54) is 0 Å². The zero-order valence-corrected chi connectivity index (χ0v) is 18.8. The Kier molecular flexibility index (Phi) is 6.19. The van der Waals surface area contributed by atoms with Crippen molar-refractivity contribution in [2.45, 2.75) is 18.9 Å². The van der Waals surface area contributed by atoms with E-state index in [-0.39, 0.29) is 6.10 Å². The number of anilines is 2. The molecule has 1 aliphatic rings. The highest BCUT2D eigenvalue weighted by Gasteiger charge is 2.17. The number of nitrogens with zero attached hydrogens (tertiary/aromatic N) is 5. The number of hydrogen-bond acceptors (Lipinski definition) is 7. The second-order valence-corrected chi connectivity index (χ2v) is 8.12. The number of aromatic nitrogens is 4. The van der Waals surface area contributed by atoms with Crippen LogP contribution >= 0.6 is 0 Å². The average Bonchev–Trinajstić information content (AvgIpc) is 3.32. The van der Waals surface area contributed by atoms with E-state index in [1.54, 1.807) is 10.9 Å². The third-order valence-electron chi connectivity index (χ3n) is 5.69. The van der Waals surface area contributed by atoms with Gasteiger partial charge in [-0.05, 0) is 42.0 Å². The van der Waals surface area contributed by atoms with Gasteiger partial charge in [-0.15, -0.1) is 0 Å². The third kappa shape index (κ3) is 4.90. The summed E-state index contributed by atoms with van der Waals surface area (Å²) in [5.74, 6) is 1.08. The van der Waals surface area contributed by atoms with Gasteiger partial charge in [0.2, 0.25) is 5.95 Å². The van der Waals surface area contributed by atoms with Gasteiger partial charge in [-0.3, -0.25) is 4.68 Å². The molecule has 0 aliphatic carbocycles. The number of ether oxygens (including phenoxy) is 2. The van der Waals surface area contributed by atoms with Crippen LogP contribution in [0.2, 0.25) is 0 Å². The maximum absolute atomic E-state index is 9.67. The molecule has 0 saturated carbocycles. The molecular weight excluding hydrogens is 428 g/mol. The summed E-state index contributed by atoms with van der Waals surface area (Å²) in [5.41, 5.74) is 5.06. The molecule has 1 N–H and O–H groups in total. The van der Waals surface area contributed by atoms with Crippen LogP contribution in [0.15, 0.2) is 67.1 Å². The van der Waals surface area contributed by atoms with Crippen LogP contribution in [-0.2, 0) is 11.8 Å². The van der Waals surface area contributed by atoms with Gasteiger partial charge >= 0.3 is 0 Å². The molecule has 4 aromatic rings. The summed E-state index contributed by atoms with van der Waals surface area (Å²) in [5, 5.41) is 17.1. The molecule has 8 nitrogen and oxygen atoms in total. The monoisotopic (exact) mass is 452 g/mol. The molecule has 3 heterocycles. The first-order chi connectivity index (χ1) is 16.7. The van der Waals surface area contributed by atoms with Gasteiger partial charge in [-0.25, -0.2) is 9.97 Å². The summed E-state index contributed by atoms with van der Waals surface area (Å²) in [6.45, 7) is 1.38. The molecule has 34 heavy (non-hydrogen) atoms. The van der Waals surface area contributed by atoms with E-state index in [9.17, 15) is 5.26 Å². The van der Waals surface area contributed by atoms with E-state index >= 15 is 0 Å². The summed E-state index contributed by atoms with van der Waals surface area (Å²) >= 11 is 0. The van der Waals surface area contributed by atoms with Crippen molar-refractivity contribution in [1.29, 1.82) is 5.26 Å². The summed E-state index contributed by atoms with van der Waals surface area (Å²) in [6.07, 6.45) is 7.25. The number of hydrogen-bond donors (Lipinski definition) is 1. The van der Waals surface area contributed by atoms with E-state index in [0.29, 0.717) is 30.5 Å². The molecule has 0 atom stereocenters. The number of rotatable bonds is 6. The van der Waals surface area contributed by atoms with Gasteiger partial charge in [-0.1, -0.05) is 12.1 Å². The third-order valence-corrected chi connectivity index (χ3v) is 5.69. The predicted molar refractivity (Wildman–Crippen MR) is 129 cm³/mol. The van der Waals surface area contributed by atoms with E-state index in [0.717, 1.165) is 40.9 Å². The van der Waals surface area contributed by atoms with Crippen molar-refractivity contribution in [3.63, 3.8) is 0 Å². The van der Waals surface area contributed by atoms with Gasteiger partial charge in [0, 0.05) is 49.1 Å². The van der Waals surface area contributed by atoms with E-state index in [4.69, 9.17) is 9.47 Å². The molecule has 0 unspecified atom stereocenters. The van der Waals surface area contributed by atoms with E-state index in [1.807, 2.05) is 68.0 Å². The lowest BCUT2D eigenvalue weighted by Gasteiger charge is -2.23. The first-order valence-corrected chi connectivity index (χ1v) is 11.2. The predicted octanol–water partition coefficient (Wildman–Crippen LogP) is 4.72. The highest BCUT2D eigenvalue weighted by atomic mass is 16.5. The second-order valence-electron chi connectivity index (χ2n) is 8.12. The minimum absolute atomic E-state index is 0.0751. The van der Waals surface area contributed by atoms with Crippen LogP contribution in [-0.4, -0.2) is 39.1 Å². The van der Waals surface area contributed by atoms with Gasteiger partial charge in [-0.2, -0.15) is 10.4 Å². The lowest BCUT2D eigenvalue weighted by Crippen LogP contribution is -2.26. The Balaban J connectivity index is 1.32. The summed E-state index contributed by atoms with van der Waals surface area (Å²) < 4.78 is 13.2. The highest BCUT2D eigenvalue weighted by Crippen LogP contribution is 2.28. The Labute approximate surface area is 197 Å². The van der Waals surface area contributed by atoms with Gasteiger partial charge in [0.15, 0.2) is 0 Å². The first-order valence-electron chi connectivity index (χ1n) is 11.2. The molecule has 170 valence electrons. The smallest absolute Gasteiger partial charge is 0.227 e. The zero-order chi connectivity index (χ0) is 23.3. The quantitative estimate of drug-likeness (QED) is 0.452. The first kappa shape index (κ1) is 21.6. The standard InChI is InChI=1S/C26H24N6O2/c1-32-17-21(16-29-32)18-2-5-22(6-3-18)30-26-28-11-8-24(31-26)19-4-7-25(20(14-19)15-27)34-23-9-12-33-13-10-23/h2-8,11,14,16-17,23H,9-10,12-13H2,1H3,(H,28,30,31). The molecule has 0 spiro atoms. The zero-order valence-electron chi connectivity index (χ0n) is 18.8. The van der Waals surface area contributed by atoms with Gasteiger partial charge in [0.25, 0.3) is 0 Å². The van der Waals surface area contributed by atoms with E-state index < -0.39 is 0 Å². The van der Waals surface area contributed by atoms with Gasteiger partial charge in [0.1, 0.15) is 17.9 Å². The van der Waals surface area contributed by atoms with Crippen molar-refractivity contribution in [3.8, 4) is 34.2 Å². The molecule has 1 fully saturated rings. The molecule has 1 aliphatic heterocycles. The normalized spacial score (nSPS) is 13.9. The largest absolute Gasteiger partial charge is 0.489 e. The second kappa shape index (κ2) is 9.73. The van der Waals surface area contributed by atoms with Crippen LogP contribution < -0.4 is 10.1 Å². The Morgan fingerprint density at radius 1 is 1.06 bits per heavy atom. The average molecular weight is 453 g/mol. The van der Waals surface area contributed by atoms with Crippen LogP contribution in [0.3, 0.4) is 0 Å². The number of nitrogens with one attached hydrogen (secondary N) is 1. The molecule has 0 radical (unpaired) electrons. The summed E-state index contributed by atoms with van der Waals surface area (Å²) in [6, 6.07) is 17.7. The highest BCUT2D eigenvalue weighted by molar-refractivity contribution is 5.68. The molecule has 2 aromatic carbocycles. The Morgan fingerprint density at radius 3 is 2.59 bits per heavy atom. The van der Waals surface area contributed by atoms with Crippen molar-refractivity contribution in [2.75, 3.05) is 18.5 Å². The van der Waals surface area contributed by atoms with Crippen molar-refractivity contribution >= 4 is 11.6 Å². The van der Waals surface area contributed by atoms with Crippen molar-refractivity contribution in [1.82, 2.24) is 19.7 Å². The topological polar surface area (TPSA) is 97.9 Å². The SMILES string of the molecule is Cn1cc(-c2ccc(Nc3nccc(-c4ccc(OC5CCOCC5)c(C#N)c4)n3)cc2)cn1. The molecule has 0 bridgehead atoms. The minimum Gasteiger partial charge on any atom is -0.489 e. The van der Waals surface area contributed by atoms with Crippen molar-refractivity contribution in [3.05, 3.63) is 72.7 Å². The van der Waals surface area contributed by atoms with Crippen molar-refractivity contribution in [2.24, 2.45) is 7.05 Å². The number of aryl methyl sites for hydroxylation is 1. The summed E-state index contributed by atoms with van der Waals surface area (Å²) in [4.78, 5) is 8.99. The van der Waals surface area contributed by atoms with Gasteiger partial charge < -0.3 is 14.8 Å². The molecule has 8 heteroatoms. The molecule has 1 saturated heterocycles. The van der Waals surface area contributed by atoms with Crippen LogP contribution in [0.1, 0.15) is 18.4 Å². The lowest BCUT2D eigenvalue weighted by atomic mass is 10.1. The molecule has 2 aromatic heterocycles. The van der Waals surface area contributed by atoms with Crippen LogP contribution in [0.4, 0.5) is 11.6 Å². The van der Waals surface area contributed by atoms with Crippen LogP contribution in [0.5, 0.6) is 5.75 Å². The van der Waals surface area contributed by atoms with Crippen LogP contribution in [0.25, 0.3) is 22.4 Å². The molecule has 5 rings (SSSR count). The van der Waals surface area contributed by atoms with Gasteiger partial charge in [0.05, 0.1) is 30.7 Å².